The highest BCUT2D eigenvalue weighted by molar-refractivity contribution is 7.85. The van der Waals surface area contributed by atoms with Crippen LogP contribution in [0.3, 0.4) is 0 Å². The lowest BCUT2D eigenvalue weighted by atomic mass is 10.1. The van der Waals surface area contributed by atoms with Crippen molar-refractivity contribution in [2.45, 2.75) is 30.8 Å². The molecule has 5 heteroatoms. The highest BCUT2D eigenvalue weighted by atomic mass is 32.2. The topological polar surface area (TPSA) is 78.2 Å². The Balaban J connectivity index is 2.03. The fraction of sp³-hybridized carbons (Fsp3) is 0.263. The van der Waals surface area contributed by atoms with Crippen LogP contribution in [0.2, 0.25) is 0 Å². The van der Waals surface area contributed by atoms with Gasteiger partial charge in [0.2, 0.25) is 0 Å². The summed E-state index contributed by atoms with van der Waals surface area (Å²) in [6, 6.07) is 16.7. The highest BCUT2D eigenvalue weighted by Crippen LogP contribution is 2.15. The SMILES string of the molecule is Cc1ccc(CCC(C(=O)O)S(=O)Cc2cccc(C#N)c2)cc1. The van der Waals surface area contributed by atoms with Crippen LogP contribution in [0.5, 0.6) is 0 Å². The fourth-order valence-corrected chi connectivity index (χ4v) is 3.73. The van der Waals surface area contributed by atoms with Gasteiger partial charge in [-0.1, -0.05) is 42.0 Å². The second kappa shape index (κ2) is 8.42. The maximum Gasteiger partial charge on any atom is 0.319 e. The average molecular weight is 341 g/mol. The van der Waals surface area contributed by atoms with Crippen LogP contribution in [0.1, 0.15) is 28.7 Å². The molecule has 0 bridgehead atoms. The van der Waals surface area contributed by atoms with Gasteiger partial charge in [-0.05, 0) is 43.0 Å². The molecule has 0 aromatic heterocycles. The van der Waals surface area contributed by atoms with Gasteiger partial charge in [-0.25, -0.2) is 0 Å². The smallest absolute Gasteiger partial charge is 0.319 e. The Morgan fingerprint density at radius 1 is 1.21 bits per heavy atom. The van der Waals surface area contributed by atoms with E-state index in [0.717, 1.165) is 11.1 Å². The Kier molecular flexibility index (Phi) is 6.28. The van der Waals surface area contributed by atoms with Crippen molar-refractivity contribution in [3.8, 4) is 6.07 Å². The first kappa shape index (κ1) is 17.9. The van der Waals surface area contributed by atoms with Gasteiger partial charge in [-0.2, -0.15) is 5.26 Å². The molecular formula is C19H19NO3S. The van der Waals surface area contributed by atoms with Crippen molar-refractivity contribution in [3.63, 3.8) is 0 Å². The fourth-order valence-electron chi connectivity index (χ4n) is 2.42. The second-order valence-corrected chi connectivity index (χ2v) is 7.31. The lowest BCUT2D eigenvalue weighted by molar-refractivity contribution is -0.136. The van der Waals surface area contributed by atoms with Crippen molar-refractivity contribution in [2.24, 2.45) is 0 Å². The number of carboxylic acid groups (broad SMARTS) is 1. The van der Waals surface area contributed by atoms with Gasteiger partial charge in [-0.15, -0.1) is 0 Å². The normalized spacial score (nSPS) is 13.0. The molecule has 2 aromatic rings. The highest BCUT2D eigenvalue weighted by Gasteiger charge is 2.24. The number of carbonyl (C=O) groups is 1. The molecule has 0 saturated heterocycles. The van der Waals surface area contributed by atoms with Crippen LogP contribution in [-0.2, 0) is 27.8 Å². The predicted molar refractivity (Wildman–Crippen MR) is 93.9 cm³/mol. The third-order valence-electron chi connectivity index (χ3n) is 3.77. The molecule has 2 atom stereocenters. The molecule has 0 radical (unpaired) electrons. The van der Waals surface area contributed by atoms with E-state index in [1.54, 1.807) is 24.3 Å². The van der Waals surface area contributed by atoms with Gasteiger partial charge < -0.3 is 5.11 Å². The Labute approximate surface area is 144 Å². The van der Waals surface area contributed by atoms with E-state index in [0.29, 0.717) is 24.0 Å². The van der Waals surface area contributed by atoms with E-state index < -0.39 is 22.0 Å². The van der Waals surface area contributed by atoms with Crippen LogP contribution in [0.15, 0.2) is 48.5 Å². The zero-order valence-electron chi connectivity index (χ0n) is 13.4. The number of hydrogen-bond donors (Lipinski definition) is 1. The van der Waals surface area contributed by atoms with Gasteiger partial charge in [0.25, 0.3) is 0 Å². The lowest BCUT2D eigenvalue weighted by Crippen LogP contribution is -2.27. The summed E-state index contributed by atoms with van der Waals surface area (Å²) in [5.74, 6) is -0.905. The molecule has 4 nitrogen and oxygen atoms in total. The zero-order chi connectivity index (χ0) is 17.5. The molecule has 2 rings (SSSR count). The van der Waals surface area contributed by atoms with E-state index >= 15 is 0 Å². The van der Waals surface area contributed by atoms with Crippen molar-refractivity contribution in [3.05, 3.63) is 70.8 Å². The van der Waals surface area contributed by atoms with E-state index in [1.165, 1.54) is 0 Å². The standard InChI is InChI=1S/C19H19NO3S/c1-14-5-7-15(8-6-14)9-10-18(19(21)22)24(23)13-17-4-2-3-16(11-17)12-20/h2-8,11,18H,9-10,13H2,1H3,(H,21,22). The summed E-state index contributed by atoms with van der Waals surface area (Å²) in [4.78, 5) is 11.5. The summed E-state index contributed by atoms with van der Waals surface area (Å²) in [7, 11) is -1.54. The number of nitrogens with zero attached hydrogens (tertiary/aromatic N) is 1. The molecule has 0 aliphatic rings. The van der Waals surface area contributed by atoms with E-state index in [-0.39, 0.29) is 5.75 Å². The number of rotatable bonds is 7. The Hall–Kier alpha value is -2.45. The number of hydrogen-bond acceptors (Lipinski definition) is 3. The first-order chi connectivity index (χ1) is 11.5. The molecule has 1 N–H and O–H groups in total. The van der Waals surface area contributed by atoms with Crippen molar-refractivity contribution in [1.82, 2.24) is 0 Å². The van der Waals surface area contributed by atoms with Crippen molar-refractivity contribution in [1.29, 1.82) is 5.26 Å². The largest absolute Gasteiger partial charge is 0.480 e. The molecule has 2 unspecified atom stereocenters. The quantitative estimate of drug-likeness (QED) is 0.839. The zero-order valence-corrected chi connectivity index (χ0v) is 14.3. The molecule has 0 amide bonds. The summed E-state index contributed by atoms with van der Waals surface area (Å²) in [6.45, 7) is 1.99. The number of aryl methyl sites for hydroxylation is 2. The van der Waals surface area contributed by atoms with Crippen LogP contribution in [0, 0.1) is 18.3 Å². The van der Waals surface area contributed by atoms with E-state index in [1.807, 2.05) is 37.3 Å². The van der Waals surface area contributed by atoms with E-state index in [9.17, 15) is 14.1 Å². The van der Waals surface area contributed by atoms with E-state index in [2.05, 4.69) is 0 Å². The minimum Gasteiger partial charge on any atom is -0.480 e. The van der Waals surface area contributed by atoms with Gasteiger partial charge in [0.15, 0.2) is 0 Å². The average Bonchev–Trinajstić information content (AvgIpc) is 2.56. The molecule has 124 valence electrons. The molecule has 24 heavy (non-hydrogen) atoms. The Bertz CT molecular complexity index is 778. The van der Waals surface area contributed by atoms with Gasteiger partial charge in [-0.3, -0.25) is 9.00 Å². The monoisotopic (exact) mass is 341 g/mol. The van der Waals surface area contributed by atoms with Crippen molar-refractivity contribution < 1.29 is 14.1 Å². The Morgan fingerprint density at radius 2 is 1.92 bits per heavy atom. The summed E-state index contributed by atoms with van der Waals surface area (Å²) < 4.78 is 12.5. The van der Waals surface area contributed by atoms with Gasteiger partial charge >= 0.3 is 5.97 Å². The summed E-state index contributed by atoms with van der Waals surface area (Å²) >= 11 is 0. The number of aliphatic carboxylic acids is 1. The minimum atomic E-state index is -1.54. The predicted octanol–water partition coefficient (Wildman–Crippen LogP) is 3.20. The van der Waals surface area contributed by atoms with Crippen LogP contribution in [0.4, 0.5) is 0 Å². The third kappa shape index (κ3) is 5.04. The molecule has 0 fully saturated rings. The first-order valence-electron chi connectivity index (χ1n) is 7.64. The molecule has 0 aliphatic carbocycles. The van der Waals surface area contributed by atoms with Gasteiger partial charge in [0, 0.05) is 16.6 Å². The molecule has 0 heterocycles. The summed E-state index contributed by atoms with van der Waals surface area (Å²) in [5.41, 5.74) is 3.38. The van der Waals surface area contributed by atoms with E-state index in [4.69, 9.17) is 5.26 Å². The number of carboxylic acids is 1. The van der Waals surface area contributed by atoms with Crippen LogP contribution < -0.4 is 0 Å². The molecule has 0 saturated carbocycles. The van der Waals surface area contributed by atoms with Gasteiger partial charge in [0.05, 0.1) is 11.6 Å². The molecule has 0 spiro atoms. The van der Waals surface area contributed by atoms with Crippen molar-refractivity contribution >= 4 is 16.8 Å². The maximum atomic E-state index is 12.5. The van der Waals surface area contributed by atoms with Crippen LogP contribution >= 0.6 is 0 Å². The van der Waals surface area contributed by atoms with Crippen LogP contribution in [0.25, 0.3) is 0 Å². The third-order valence-corrected chi connectivity index (χ3v) is 5.46. The molecule has 0 aliphatic heterocycles. The summed E-state index contributed by atoms with van der Waals surface area (Å²) in [6.07, 6.45) is 0.893. The maximum absolute atomic E-state index is 12.5. The van der Waals surface area contributed by atoms with Crippen LogP contribution in [-0.4, -0.2) is 20.5 Å². The molecular weight excluding hydrogens is 322 g/mol. The summed E-state index contributed by atoms with van der Waals surface area (Å²) in [5, 5.41) is 17.4. The molecule has 2 aromatic carbocycles. The Morgan fingerprint density at radius 3 is 2.54 bits per heavy atom. The second-order valence-electron chi connectivity index (χ2n) is 5.69. The minimum absolute atomic E-state index is 0.139. The first-order valence-corrected chi connectivity index (χ1v) is 9.02. The lowest BCUT2D eigenvalue weighted by Gasteiger charge is -2.12. The van der Waals surface area contributed by atoms with Crippen molar-refractivity contribution in [2.75, 3.05) is 0 Å². The van der Waals surface area contributed by atoms with Gasteiger partial charge in [0.1, 0.15) is 5.25 Å². The number of nitriles is 1. The number of benzene rings is 2.